The van der Waals surface area contributed by atoms with Crippen LogP contribution in [0, 0.1) is 5.82 Å². The standard InChI is InChI=1S/C14H16FNO/c1-2-8-16-14(12-7-9-17-10-12)11-3-5-13(15)6-4-11/h3-7,9-10,14,16H,2,8H2,1H3. The SMILES string of the molecule is CCCNC(c1ccc(F)cc1)c1ccoc1. The summed E-state index contributed by atoms with van der Waals surface area (Å²) in [5, 5.41) is 3.43. The predicted molar refractivity (Wildman–Crippen MR) is 65.2 cm³/mol. The average Bonchev–Trinajstić information content (AvgIpc) is 2.85. The molecular formula is C14H16FNO. The Balaban J connectivity index is 2.23. The molecule has 1 unspecified atom stereocenters. The highest BCUT2D eigenvalue weighted by Gasteiger charge is 2.14. The van der Waals surface area contributed by atoms with Crippen LogP contribution in [0.5, 0.6) is 0 Å². The van der Waals surface area contributed by atoms with E-state index in [9.17, 15) is 4.39 Å². The van der Waals surface area contributed by atoms with Crippen molar-refractivity contribution in [3.05, 3.63) is 59.8 Å². The molecule has 1 heterocycles. The van der Waals surface area contributed by atoms with E-state index in [2.05, 4.69) is 12.2 Å². The van der Waals surface area contributed by atoms with Gasteiger partial charge in [0, 0.05) is 5.56 Å². The van der Waals surface area contributed by atoms with Gasteiger partial charge in [-0.05, 0) is 36.7 Å². The molecule has 0 bridgehead atoms. The van der Waals surface area contributed by atoms with Gasteiger partial charge in [-0.1, -0.05) is 19.1 Å². The van der Waals surface area contributed by atoms with Gasteiger partial charge in [0.25, 0.3) is 0 Å². The Bertz CT molecular complexity index is 436. The largest absolute Gasteiger partial charge is 0.472 e. The van der Waals surface area contributed by atoms with Gasteiger partial charge in [-0.3, -0.25) is 0 Å². The summed E-state index contributed by atoms with van der Waals surface area (Å²) in [6, 6.07) is 8.56. The van der Waals surface area contributed by atoms with Gasteiger partial charge in [0.1, 0.15) is 5.82 Å². The topological polar surface area (TPSA) is 25.2 Å². The molecule has 90 valence electrons. The minimum atomic E-state index is -0.213. The maximum atomic E-state index is 12.9. The number of halogens is 1. The molecule has 0 saturated heterocycles. The molecule has 3 heteroatoms. The van der Waals surface area contributed by atoms with Crippen molar-refractivity contribution in [1.29, 1.82) is 0 Å². The Morgan fingerprint density at radius 1 is 1.18 bits per heavy atom. The number of benzene rings is 1. The van der Waals surface area contributed by atoms with E-state index < -0.39 is 0 Å². The second-order valence-corrected chi connectivity index (χ2v) is 4.00. The molecule has 1 N–H and O–H groups in total. The third-order valence-corrected chi connectivity index (χ3v) is 2.68. The van der Waals surface area contributed by atoms with Gasteiger partial charge >= 0.3 is 0 Å². The number of rotatable bonds is 5. The van der Waals surface area contributed by atoms with Gasteiger partial charge in [-0.2, -0.15) is 0 Å². The molecule has 0 aliphatic heterocycles. The molecule has 0 spiro atoms. The van der Waals surface area contributed by atoms with E-state index in [0.717, 1.165) is 24.1 Å². The first-order valence-electron chi connectivity index (χ1n) is 5.82. The van der Waals surface area contributed by atoms with Crippen LogP contribution in [0.1, 0.15) is 30.5 Å². The number of hydrogen-bond donors (Lipinski definition) is 1. The lowest BCUT2D eigenvalue weighted by Crippen LogP contribution is -2.22. The minimum absolute atomic E-state index is 0.0642. The predicted octanol–water partition coefficient (Wildman–Crippen LogP) is 3.51. The van der Waals surface area contributed by atoms with Crippen molar-refractivity contribution in [2.45, 2.75) is 19.4 Å². The summed E-state index contributed by atoms with van der Waals surface area (Å²) in [5.74, 6) is -0.213. The fraction of sp³-hybridized carbons (Fsp3) is 0.286. The van der Waals surface area contributed by atoms with Crippen LogP contribution in [0.15, 0.2) is 47.3 Å². The Morgan fingerprint density at radius 2 is 1.94 bits per heavy atom. The molecule has 0 fully saturated rings. The zero-order valence-corrected chi connectivity index (χ0v) is 9.82. The highest BCUT2D eigenvalue weighted by Crippen LogP contribution is 2.22. The third kappa shape index (κ3) is 2.94. The van der Waals surface area contributed by atoms with E-state index in [1.807, 2.05) is 6.07 Å². The lowest BCUT2D eigenvalue weighted by Gasteiger charge is -2.17. The summed E-state index contributed by atoms with van der Waals surface area (Å²) in [6.07, 6.45) is 4.42. The van der Waals surface area contributed by atoms with Crippen molar-refractivity contribution >= 4 is 0 Å². The molecule has 1 aromatic heterocycles. The summed E-state index contributed by atoms with van der Waals surface area (Å²) in [7, 11) is 0. The van der Waals surface area contributed by atoms with Crippen LogP contribution >= 0.6 is 0 Å². The van der Waals surface area contributed by atoms with E-state index in [1.54, 1.807) is 24.7 Å². The summed E-state index contributed by atoms with van der Waals surface area (Å²) in [5.41, 5.74) is 2.10. The van der Waals surface area contributed by atoms with Gasteiger partial charge in [0.15, 0.2) is 0 Å². The van der Waals surface area contributed by atoms with Crippen molar-refractivity contribution in [3.8, 4) is 0 Å². The molecule has 2 rings (SSSR count). The van der Waals surface area contributed by atoms with Crippen LogP contribution < -0.4 is 5.32 Å². The van der Waals surface area contributed by atoms with Crippen LogP contribution in [0.25, 0.3) is 0 Å². The summed E-state index contributed by atoms with van der Waals surface area (Å²) in [4.78, 5) is 0. The molecule has 0 aliphatic rings. The lowest BCUT2D eigenvalue weighted by atomic mass is 10.0. The monoisotopic (exact) mass is 233 g/mol. The van der Waals surface area contributed by atoms with E-state index in [-0.39, 0.29) is 11.9 Å². The second kappa shape index (κ2) is 5.64. The molecule has 0 radical (unpaired) electrons. The van der Waals surface area contributed by atoms with E-state index in [0.29, 0.717) is 0 Å². The maximum absolute atomic E-state index is 12.9. The van der Waals surface area contributed by atoms with Crippen molar-refractivity contribution < 1.29 is 8.81 Å². The third-order valence-electron chi connectivity index (χ3n) is 2.68. The van der Waals surface area contributed by atoms with E-state index in [4.69, 9.17) is 4.42 Å². The first kappa shape index (κ1) is 11.9. The molecule has 17 heavy (non-hydrogen) atoms. The van der Waals surface area contributed by atoms with Crippen LogP contribution in [-0.4, -0.2) is 6.54 Å². The van der Waals surface area contributed by atoms with Crippen molar-refractivity contribution in [3.63, 3.8) is 0 Å². The van der Waals surface area contributed by atoms with Crippen LogP contribution in [0.2, 0.25) is 0 Å². The van der Waals surface area contributed by atoms with Crippen LogP contribution in [0.4, 0.5) is 4.39 Å². The van der Waals surface area contributed by atoms with E-state index in [1.165, 1.54) is 12.1 Å². The van der Waals surface area contributed by atoms with Gasteiger partial charge in [-0.15, -0.1) is 0 Å². The first-order chi connectivity index (χ1) is 8.31. The van der Waals surface area contributed by atoms with Crippen LogP contribution in [0.3, 0.4) is 0 Å². The Hall–Kier alpha value is -1.61. The Kier molecular flexibility index (Phi) is 3.94. The van der Waals surface area contributed by atoms with Crippen molar-refractivity contribution in [1.82, 2.24) is 5.32 Å². The van der Waals surface area contributed by atoms with Crippen molar-refractivity contribution in [2.75, 3.05) is 6.54 Å². The lowest BCUT2D eigenvalue weighted by molar-refractivity contribution is 0.547. The second-order valence-electron chi connectivity index (χ2n) is 4.00. The van der Waals surface area contributed by atoms with Crippen molar-refractivity contribution in [2.24, 2.45) is 0 Å². The molecule has 0 saturated carbocycles. The number of nitrogens with one attached hydrogen (secondary N) is 1. The summed E-state index contributed by atoms with van der Waals surface area (Å²) >= 11 is 0. The minimum Gasteiger partial charge on any atom is -0.472 e. The Labute approximate surface area is 100 Å². The smallest absolute Gasteiger partial charge is 0.123 e. The zero-order chi connectivity index (χ0) is 12.1. The molecule has 2 aromatic rings. The van der Waals surface area contributed by atoms with Gasteiger partial charge in [0.05, 0.1) is 18.6 Å². The summed E-state index contributed by atoms with van der Waals surface area (Å²) < 4.78 is 18.0. The highest BCUT2D eigenvalue weighted by atomic mass is 19.1. The van der Waals surface area contributed by atoms with Gasteiger partial charge < -0.3 is 9.73 Å². The van der Waals surface area contributed by atoms with E-state index >= 15 is 0 Å². The quantitative estimate of drug-likeness (QED) is 0.855. The number of hydrogen-bond acceptors (Lipinski definition) is 2. The fourth-order valence-corrected chi connectivity index (χ4v) is 1.81. The normalized spacial score (nSPS) is 12.6. The molecule has 0 aliphatic carbocycles. The van der Waals surface area contributed by atoms with Gasteiger partial charge in [-0.25, -0.2) is 4.39 Å². The fourth-order valence-electron chi connectivity index (χ4n) is 1.81. The highest BCUT2D eigenvalue weighted by molar-refractivity contribution is 5.29. The number of furan rings is 1. The molecule has 1 aromatic carbocycles. The average molecular weight is 233 g/mol. The zero-order valence-electron chi connectivity index (χ0n) is 9.82. The molecule has 1 atom stereocenters. The summed E-state index contributed by atoms with van der Waals surface area (Å²) in [6.45, 7) is 3.03. The van der Waals surface area contributed by atoms with Gasteiger partial charge in [0.2, 0.25) is 0 Å². The molecule has 0 amide bonds. The van der Waals surface area contributed by atoms with Crippen LogP contribution in [-0.2, 0) is 0 Å². The molecular weight excluding hydrogens is 217 g/mol. The first-order valence-corrected chi connectivity index (χ1v) is 5.82. The Morgan fingerprint density at radius 3 is 2.53 bits per heavy atom. The molecule has 2 nitrogen and oxygen atoms in total. The maximum Gasteiger partial charge on any atom is 0.123 e.